The molecule has 5 aromatic rings. The average Bonchev–Trinajstić information content (AvgIpc) is 2.90. The van der Waals surface area contributed by atoms with E-state index in [-0.39, 0.29) is 17.6 Å². The standard InChI is InChI=1S/C29H24BrN5O3/c1-17(2)24-12-11-23-27(34-24)31-16-32-28(23)35-25-14-18(29(37)33-20-5-3-4-19(30)15-20)6-13-26(25)38-22-9-7-21(36)8-10-22/h3-17,36H,1-2H3,(H,33,37)(H,31,32,34,35). The summed E-state index contributed by atoms with van der Waals surface area (Å²) in [5.74, 6) is 1.63. The van der Waals surface area contributed by atoms with E-state index >= 15 is 0 Å². The van der Waals surface area contributed by atoms with Crippen molar-refractivity contribution in [3.8, 4) is 17.2 Å². The van der Waals surface area contributed by atoms with Gasteiger partial charge in [0.1, 0.15) is 23.6 Å². The number of nitrogens with one attached hydrogen (secondary N) is 2. The number of halogens is 1. The van der Waals surface area contributed by atoms with Gasteiger partial charge in [-0.3, -0.25) is 4.79 Å². The summed E-state index contributed by atoms with van der Waals surface area (Å²) in [6.45, 7) is 4.15. The molecular formula is C29H24BrN5O3. The number of aromatic hydroxyl groups is 1. The molecule has 0 fully saturated rings. The van der Waals surface area contributed by atoms with Crippen LogP contribution >= 0.6 is 15.9 Å². The Hall–Kier alpha value is -4.50. The van der Waals surface area contributed by atoms with E-state index in [0.29, 0.717) is 39.9 Å². The van der Waals surface area contributed by atoms with E-state index in [0.717, 1.165) is 15.6 Å². The molecular weight excluding hydrogens is 546 g/mol. The number of amides is 1. The van der Waals surface area contributed by atoms with Crippen LogP contribution in [0.3, 0.4) is 0 Å². The predicted octanol–water partition coefficient (Wildman–Crippen LogP) is 7.40. The second-order valence-electron chi connectivity index (χ2n) is 8.88. The number of ether oxygens (including phenoxy) is 1. The smallest absolute Gasteiger partial charge is 0.255 e. The lowest BCUT2D eigenvalue weighted by Gasteiger charge is -2.16. The molecule has 3 aromatic carbocycles. The highest BCUT2D eigenvalue weighted by Crippen LogP contribution is 2.35. The number of hydrogen-bond acceptors (Lipinski definition) is 7. The fraction of sp³-hybridized carbons (Fsp3) is 0.103. The molecule has 0 spiro atoms. The fourth-order valence-electron chi connectivity index (χ4n) is 3.77. The van der Waals surface area contributed by atoms with Gasteiger partial charge in [0.15, 0.2) is 11.4 Å². The number of nitrogens with zero attached hydrogens (tertiary/aromatic N) is 3. The average molecular weight is 570 g/mol. The van der Waals surface area contributed by atoms with E-state index in [2.05, 4.69) is 55.4 Å². The van der Waals surface area contributed by atoms with E-state index in [1.165, 1.54) is 18.5 Å². The molecule has 0 saturated heterocycles. The molecule has 0 aliphatic rings. The van der Waals surface area contributed by atoms with Gasteiger partial charge in [0.25, 0.3) is 5.91 Å². The molecule has 0 saturated carbocycles. The van der Waals surface area contributed by atoms with E-state index in [1.54, 1.807) is 30.3 Å². The summed E-state index contributed by atoms with van der Waals surface area (Å²) < 4.78 is 6.96. The van der Waals surface area contributed by atoms with Crippen LogP contribution in [0, 0.1) is 0 Å². The first kappa shape index (κ1) is 25.2. The summed E-state index contributed by atoms with van der Waals surface area (Å²) in [7, 11) is 0. The van der Waals surface area contributed by atoms with Crippen molar-refractivity contribution >= 4 is 50.1 Å². The summed E-state index contributed by atoms with van der Waals surface area (Å²) in [4.78, 5) is 26.5. The van der Waals surface area contributed by atoms with Gasteiger partial charge in [-0.25, -0.2) is 15.0 Å². The maximum absolute atomic E-state index is 13.1. The van der Waals surface area contributed by atoms with Crippen LogP contribution in [0.4, 0.5) is 17.2 Å². The molecule has 2 heterocycles. The van der Waals surface area contributed by atoms with Crippen molar-refractivity contribution in [3.63, 3.8) is 0 Å². The number of phenols is 1. The largest absolute Gasteiger partial charge is 0.508 e. The summed E-state index contributed by atoms with van der Waals surface area (Å²) in [5, 5.41) is 16.6. The van der Waals surface area contributed by atoms with Gasteiger partial charge < -0.3 is 20.5 Å². The molecule has 3 N–H and O–H groups in total. The van der Waals surface area contributed by atoms with E-state index < -0.39 is 0 Å². The van der Waals surface area contributed by atoms with Crippen molar-refractivity contribution in [3.05, 3.63) is 101 Å². The lowest BCUT2D eigenvalue weighted by Crippen LogP contribution is -2.12. The molecule has 2 aromatic heterocycles. The van der Waals surface area contributed by atoms with Crippen molar-refractivity contribution in [2.45, 2.75) is 19.8 Å². The zero-order chi connectivity index (χ0) is 26.6. The number of benzene rings is 3. The Kier molecular flexibility index (Phi) is 7.19. The van der Waals surface area contributed by atoms with E-state index in [9.17, 15) is 9.90 Å². The molecule has 0 radical (unpaired) electrons. The molecule has 0 bridgehead atoms. The van der Waals surface area contributed by atoms with Crippen molar-refractivity contribution in [2.24, 2.45) is 0 Å². The molecule has 38 heavy (non-hydrogen) atoms. The van der Waals surface area contributed by atoms with Crippen LogP contribution in [0.15, 0.2) is 89.7 Å². The number of anilines is 3. The normalized spacial score (nSPS) is 10.9. The predicted molar refractivity (Wildman–Crippen MR) is 151 cm³/mol. The van der Waals surface area contributed by atoms with Crippen LogP contribution in [0.1, 0.15) is 35.8 Å². The lowest BCUT2D eigenvalue weighted by molar-refractivity contribution is 0.102. The van der Waals surface area contributed by atoms with Crippen LogP contribution in [-0.4, -0.2) is 26.0 Å². The number of pyridine rings is 1. The van der Waals surface area contributed by atoms with Gasteiger partial charge in [0.05, 0.1) is 11.1 Å². The van der Waals surface area contributed by atoms with E-state index in [1.807, 2.05) is 36.4 Å². The number of fused-ring (bicyclic) bond motifs is 1. The second kappa shape index (κ2) is 10.9. The zero-order valence-electron chi connectivity index (χ0n) is 20.6. The molecule has 0 aliphatic carbocycles. The number of phenolic OH excluding ortho intramolecular Hbond substituents is 1. The number of aromatic nitrogens is 3. The molecule has 9 heteroatoms. The molecule has 5 rings (SSSR count). The maximum atomic E-state index is 13.1. The van der Waals surface area contributed by atoms with Gasteiger partial charge >= 0.3 is 0 Å². The van der Waals surface area contributed by atoms with Crippen LogP contribution < -0.4 is 15.4 Å². The number of rotatable bonds is 7. The van der Waals surface area contributed by atoms with Crippen LogP contribution in [0.25, 0.3) is 11.0 Å². The molecule has 8 nitrogen and oxygen atoms in total. The summed E-state index contributed by atoms with van der Waals surface area (Å²) in [6.07, 6.45) is 1.45. The summed E-state index contributed by atoms with van der Waals surface area (Å²) in [5.41, 5.74) is 3.11. The highest BCUT2D eigenvalue weighted by atomic mass is 79.9. The van der Waals surface area contributed by atoms with Crippen molar-refractivity contribution in [1.82, 2.24) is 15.0 Å². The Balaban J connectivity index is 1.52. The maximum Gasteiger partial charge on any atom is 0.255 e. The third kappa shape index (κ3) is 5.73. The topological polar surface area (TPSA) is 109 Å². The third-order valence-electron chi connectivity index (χ3n) is 5.75. The van der Waals surface area contributed by atoms with Gasteiger partial charge in [0.2, 0.25) is 0 Å². The third-order valence-corrected chi connectivity index (χ3v) is 6.25. The first-order chi connectivity index (χ1) is 18.4. The minimum atomic E-state index is -0.280. The van der Waals surface area contributed by atoms with Gasteiger partial charge in [-0.05, 0) is 78.7 Å². The van der Waals surface area contributed by atoms with Crippen molar-refractivity contribution in [2.75, 3.05) is 10.6 Å². The summed E-state index contributed by atoms with van der Waals surface area (Å²) in [6, 6.07) is 22.8. The Morgan fingerprint density at radius 1 is 0.974 bits per heavy atom. The van der Waals surface area contributed by atoms with Gasteiger partial charge in [-0.1, -0.05) is 35.8 Å². The Morgan fingerprint density at radius 2 is 1.79 bits per heavy atom. The van der Waals surface area contributed by atoms with Crippen molar-refractivity contribution < 1.29 is 14.6 Å². The van der Waals surface area contributed by atoms with Gasteiger partial charge in [0, 0.05) is 21.4 Å². The Labute approximate surface area is 227 Å². The van der Waals surface area contributed by atoms with Crippen LogP contribution in [0.5, 0.6) is 17.2 Å². The van der Waals surface area contributed by atoms with E-state index in [4.69, 9.17) is 4.74 Å². The highest BCUT2D eigenvalue weighted by molar-refractivity contribution is 9.10. The SMILES string of the molecule is CC(C)c1ccc2c(Nc3cc(C(=O)Nc4cccc(Br)c4)ccc3Oc3ccc(O)cc3)ncnc2n1. The molecule has 0 unspecified atom stereocenters. The number of hydrogen-bond donors (Lipinski definition) is 3. The van der Waals surface area contributed by atoms with Crippen LogP contribution in [0.2, 0.25) is 0 Å². The molecule has 1 amide bonds. The minimum absolute atomic E-state index is 0.135. The number of carbonyl (C=O) groups excluding carboxylic acids is 1. The number of carbonyl (C=O) groups is 1. The highest BCUT2D eigenvalue weighted by Gasteiger charge is 2.15. The molecule has 0 aliphatic heterocycles. The Morgan fingerprint density at radius 3 is 2.55 bits per heavy atom. The molecule has 190 valence electrons. The fourth-order valence-corrected chi connectivity index (χ4v) is 4.17. The van der Waals surface area contributed by atoms with Crippen LogP contribution in [-0.2, 0) is 0 Å². The second-order valence-corrected chi connectivity index (χ2v) is 9.80. The summed E-state index contributed by atoms with van der Waals surface area (Å²) >= 11 is 3.42. The zero-order valence-corrected chi connectivity index (χ0v) is 22.2. The Bertz CT molecular complexity index is 1620. The van der Waals surface area contributed by atoms with Gasteiger partial charge in [-0.2, -0.15) is 0 Å². The van der Waals surface area contributed by atoms with Gasteiger partial charge in [-0.15, -0.1) is 0 Å². The first-order valence-electron chi connectivity index (χ1n) is 11.9. The quantitative estimate of drug-likeness (QED) is 0.187. The molecule has 0 atom stereocenters. The minimum Gasteiger partial charge on any atom is -0.508 e. The monoisotopic (exact) mass is 569 g/mol. The lowest BCUT2D eigenvalue weighted by atomic mass is 10.1. The first-order valence-corrected chi connectivity index (χ1v) is 12.7. The van der Waals surface area contributed by atoms with Crippen molar-refractivity contribution in [1.29, 1.82) is 0 Å².